The van der Waals surface area contributed by atoms with Crippen molar-refractivity contribution >= 4 is 0 Å². The quantitative estimate of drug-likeness (QED) is 0.829. The van der Waals surface area contributed by atoms with Crippen LogP contribution in [0.2, 0.25) is 0 Å². The number of rotatable bonds is 7. The molecule has 1 fully saturated rings. The molecule has 1 aliphatic rings. The number of hydrogen-bond donors (Lipinski definition) is 1. The molecule has 3 nitrogen and oxygen atoms in total. The van der Waals surface area contributed by atoms with Crippen molar-refractivity contribution in [3.8, 4) is 0 Å². The van der Waals surface area contributed by atoms with Crippen LogP contribution in [0.5, 0.6) is 0 Å². The second kappa shape index (κ2) is 8.40. The molecular formula is C17H28N2O. The van der Waals surface area contributed by atoms with E-state index in [1.807, 2.05) is 0 Å². The van der Waals surface area contributed by atoms with Crippen molar-refractivity contribution in [1.29, 1.82) is 0 Å². The minimum Gasteiger partial charge on any atom is -0.377 e. The van der Waals surface area contributed by atoms with Gasteiger partial charge in [-0.1, -0.05) is 31.2 Å². The fourth-order valence-electron chi connectivity index (χ4n) is 2.80. The highest BCUT2D eigenvalue weighted by Gasteiger charge is 2.16. The Kier molecular flexibility index (Phi) is 6.51. The Morgan fingerprint density at radius 1 is 1.25 bits per heavy atom. The molecule has 20 heavy (non-hydrogen) atoms. The summed E-state index contributed by atoms with van der Waals surface area (Å²) in [5.41, 5.74) is 2.83. The van der Waals surface area contributed by atoms with Crippen LogP contribution in [0.1, 0.15) is 37.3 Å². The second-order valence-corrected chi connectivity index (χ2v) is 5.73. The Bertz CT molecular complexity index is 388. The van der Waals surface area contributed by atoms with Gasteiger partial charge >= 0.3 is 0 Å². The average Bonchev–Trinajstić information content (AvgIpc) is 2.47. The lowest BCUT2D eigenvalue weighted by molar-refractivity contribution is -0.00262. The Balaban J connectivity index is 1.87. The molecule has 1 aromatic rings. The maximum absolute atomic E-state index is 5.83. The fraction of sp³-hybridized carbons (Fsp3) is 0.647. The van der Waals surface area contributed by atoms with Crippen LogP contribution in [0.3, 0.4) is 0 Å². The normalized spacial score (nSPS) is 19.4. The molecule has 1 unspecified atom stereocenters. The van der Waals surface area contributed by atoms with Gasteiger partial charge in [0.2, 0.25) is 0 Å². The van der Waals surface area contributed by atoms with Gasteiger partial charge in [0, 0.05) is 26.2 Å². The summed E-state index contributed by atoms with van der Waals surface area (Å²) < 4.78 is 5.83. The van der Waals surface area contributed by atoms with E-state index < -0.39 is 0 Å². The summed E-state index contributed by atoms with van der Waals surface area (Å²) in [5.74, 6) is 0. The summed E-state index contributed by atoms with van der Waals surface area (Å²) >= 11 is 0. The minimum absolute atomic E-state index is 0.426. The molecule has 1 saturated heterocycles. The van der Waals surface area contributed by atoms with Crippen molar-refractivity contribution < 1.29 is 4.74 Å². The Morgan fingerprint density at radius 2 is 2.05 bits per heavy atom. The van der Waals surface area contributed by atoms with E-state index in [9.17, 15) is 0 Å². The van der Waals surface area contributed by atoms with E-state index in [0.29, 0.717) is 6.10 Å². The third-order valence-electron chi connectivity index (χ3n) is 3.91. The molecule has 0 aromatic heterocycles. The molecule has 1 atom stereocenters. The first-order valence-corrected chi connectivity index (χ1v) is 7.87. The van der Waals surface area contributed by atoms with Gasteiger partial charge in [-0.25, -0.2) is 0 Å². The number of likely N-dealkylation sites (N-methyl/N-ethyl adjacent to an activating group) is 1. The molecule has 2 rings (SSSR count). The lowest BCUT2D eigenvalue weighted by atomic mass is 10.1. The van der Waals surface area contributed by atoms with Gasteiger partial charge in [-0.05, 0) is 44.0 Å². The van der Waals surface area contributed by atoms with Crippen molar-refractivity contribution in [3.63, 3.8) is 0 Å². The molecule has 1 heterocycles. The molecule has 1 aromatic carbocycles. The molecule has 0 aliphatic carbocycles. The lowest BCUT2D eigenvalue weighted by Gasteiger charge is -2.28. The van der Waals surface area contributed by atoms with E-state index in [-0.39, 0.29) is 0 Å². The molecule has 0 saturated carbocycles. The average molecular weight is 276 g/mol. The summed E-state index contributed by atoms with van der Waals surface area (Å²) in [5, 5.41) is 3.42. The van der Waals surface area contributed by atoms with E-state index >= 15 is 0 Å². The standard InChI is InChI=1S/C17H28N2O/c1-3-18-12-15-8-4-5-9-16(15)13-19(2)14-17-10-6-7-11-20-17/h4-5,8-9,17-18H,3,6-7,10-14H2,1-2H3. The van der Waals surface area contributed by atoms with Gasteiger partial charge in [-0.15, -0.1) is 0 Å². The summed E-state index contributed by atoms with van der Waals surface area (Å²) in [6.07, 6.45) is 4.18. The topological polar surface area (TPSA) is 24.5 Å². The van der Waals surface area contributed by atoms with Crippen molar-refractivity contribution in [3.05, 3.63) is 35.4 Å². The highest BCUT2D eigenvalue weighted by Crippen LogP contribution is 2.16. The smallest absolute Gasteiger partial charge is 0.0702 e. The van der Waals surface area contributed by atoms with Crippen LogP contribution >= 0.6 is 0 Å². The molecule has 1 N–H and O–H groups in total. The summed E-state index contributed by atoms with van der Waals surface area (Å²) in [6.45, 7) is 7.10. The van der Waals surface area contributed by atoms with Crippen LogP contribution < -0.4 is 5.32 Å². The van der Waals surface area contributed by atoms with Crippen LogP contribution in [0.15, 0.2) is 24.3 Å². The predicted molar refractivity (Wildman–Crippen MR) is 83.7 cm³/mol. The maximum atomic E-state index is 5.83. The third-order valence-corrected chi connectivity index (χ3v) is 3.91. The van der Waals surface area contributed by atoms with Crippen molar-refractivity contribution in [1.82, 2.24) is 10.2 Å². The summed E-state index contributed by atoms with van der Waals surface area (Å²) in [4.78, 5) is 2.39. The number of nitrogens with one attached hydrogen (secondary N) is 1. The van der Waals surface area contributed by atoms with Crippen LogP contribution in [0, 0.1) is 0 Å². The molecular weight excluding hydrogens is 248 g/mol. The van der Waals surface area contributed by atoms with Gasteiger partial charge < -0.3 is 10.1 Å². The first-order chi connectivity index (χ1) is 9.79. The Morgan fingerprint density at radius 3 is 2.75 bits per heavy atom. The first kappa shape index (κ1) is 15.5. The highest BCUT2D eigenvalue weighted by atomic mass is 16.5. The molecule has 0 bridgehead atoms. The minimum atomic E-state index is 0.426. The van der Waals surface area contributed by atoms with Crippen molar-refractivity contribution in [2.24, 2.45) is 0 Å². The Hall–Kier alpha value is -0.900. The summed E-state index contributed by atoms with van der Waals surface area (Å²) in [6, 6.07) is 8.73. The lowest BCUT2D eigenvalue weighted by Crippen LogP contribution is -2.33. The van der Waals surface area contributed by atoms with Gasteiger partial charge in [0.1, 0.15) is 0 Å². The number of ether oxygens (including phenoxy) is 1. The molecule has 0 spiro atoms. The fourth-order valence-corrected chi connectivity index (χ4v) is 2.80. The van der Waals surface area contributed by atoms with Crippen LogP contribution in [0.25, 0.3) is 0 Å². The SMILES string of the molecule is CCNCc1ccccc1CN(C)CC1CCCCO1. The highest BCUT2D eigenvalue weighted by molar-refractivity contribution is 5.26. The largest absolute Gasteiger partial charge is 0.377 e. The zero-order valence-electron chi connectivity index (χ0n) is 12.9. The molecule has 112 valence electrons. The maximum Gasteiger partial charge on any atom is 0.0702 e. The van der Waals surface area contributed by atoms with Gasteiger partial charge in [0.25, 0.3) is 0 Å². The number of hydrogen-bond acceptors (Lipinski definition) is 3. The molecule has 1 aliphatic heterocycles. The monoisotopic (exact) mass is 276 g/mol. The van der Waals surface area contributed by atoms with Gasteiger partial charge in [-0.3, -0.25) is 4.90 Å². The zero-order valence-corrected chi connectivity index (χ0v) is 12.9. The second-order valence-electron chi connectivity index (χ2n) is 5.73. The van der Waals surface area contributed by atoms with Gasteiger partial charge in [0.05, 0.1) is 6.10 Å². The van der Waals surface area contributed by atoms with Crippen LogP contribution in [0.4, 0.5) is 0 Å². The number of nitrogens with zero attached hydrogens (tertiary/aromatic N) is 1. The van der Waals surface area contributed by atoms with E-state index in [0.717, 1.165) is 32.8 Å². The van der Waals surface area contributed by atoms with E-state index in [1.54, 1.807) is 0 Å². The van der Waals surface area contributed by atoms with E-state index in [1.165, 1.54) is 30.4 Å². The zero-order chi connectivity index (χ0) is 14.2. The van der Waals surface area contributed by atoms with Crippen molar-refractivity contribution in [2.75, 3.05) is 26.7 Å². The first-order valence-electron chi connectivity index (χ1n) is 7.87. The molecule has 0 radical (unpaired) electrons. The third kappa shape index (κ3) is 4.89. The van der Waals surface area contributed by atoms with Crippen LogP contribution in [-0.2, 0) is 17.8 Å². The van der Waals surface area contributed by atoms with Gasteiger partial charge in [0.15, 0.2) is 0 Å². The van der Waals surface area contributed by atoms with Gasteiger partial charge in [-0.2, -0.15) is 0 Å². The van der Waals surface area contributed by atoms with E-state index in [4.69, 9.17) is 4.74 Å². The predicted octanol–water partition coefficient (Wildman–Crippen LogP) is 2.80. The van der Waals surface area contributed by atoms with E-state index in [2.05, 4.69) is 48.5 Å². The Labute approximate surface area is 123 Å². The molecule has 3 heteroatoms. The summed E-state index contributed by atoms with van der Waals surface area (Å²) in [7, 11) is 2.20. The van der Waals surface area contributed by atoms with Crippen LogP contribution in [-0.4, -0.2) is 37.7 Å². The number of benzene rings is 1. The van der Waals surface area contributed by atoms with Crippen molar-refractivity contribution in [2.45, 2.75) is 45.4 Å². The molecule has 0 amide bonds.